The highest BCUT2D eigenvalue weighted by atomic mass is 16.5. The number of hydrogen-bond acceptors (Lipinski definition) is 3. The Morgan fingerprint density at radius 3 is 2.21 bits per heavy atom. The fraction of sp³-hybridized carbons (Fsp3) is 1.00. The van der Waals surface area contributed by atoms with E-state index in [1.807, 2.05) is 6.92 Å². The van der Waals surface area contributed by atoms with Crippen molar-refractivity contribution >= 4 is 0 Å². The molecule has 0 saturated heterocycles. The van der Waals surface area contributed by atoms with Gasteiger partial charge in [0.1, 0.15) is 0 Å². The third kappa shape index (κ3) is 6.35. The van der Waals surface area contributed by atoms with Crippen LogP contribution >= 0.6 is 0 Å². The van der Waals surface area contributed by atoms with E-state index in [-0.39, 0.29) is 12.2 Å². The largest absolute Gasteiger partial charge is 0.393 e. The molecule has 0 bridgehead atoms. The van der Waals surface area contributed by atoms with Crippen molar-refractivity contribution in [2.75, 3.05) is 20.8 Å². The molecule has 0 saturated carbocycles. The van der Waals surface area contributed by atoms with E-state index in [9.17, 15) is 5.11 Å². The molecular weight excluding hydrogens is 180 g/mol. The van der Waals surface area contributed by atoms with E-state index in [4.69, 9.17) is 9.47 Å². The molecule has 0 amide bonds. The molecule has 0 aromatic carbocycles. The SMILES string of the molecule is COCCC(C)C(O)CCC(C)OC. The molecule has 3 atom stereocenters. The van der Waals surface area contributed by atoms with Crippen molar-refractivity contribution in [2.24, 2.45) is 5.92 Å². The molecule has 0 aromatic rings. The second kappa shape index (κ2) is 8.21. The maximum absolute atomic E-state index is 9.78. The zero-order valence-electron chi connectivity index (χ0n) is 9.82. The Hall–Kier alpha value is -0.120. The van der Waals surface area contributed by atoms with Crippen molar-refractivity contribution in [3.05, 3.63) is 0 Å². The minimum Gasteiger partial charge on any atom is -0.393 e. The summed E-state index contributed by atoms with van der Waals surface area (Å²) in [5, 5.41) is 9.78. The van der Waals surface area contributed by atoms with E-state index in [1.165, 1.54) is 0 Å². The number of ether oxygens (including phenoxy) is 2. The molecule has 0 radical (unpaired) electrons. The number of aliphatic hydroxyl groups is 1. The van der Waals surface area contributed by atoms with Gasteiger partial charge in [-0.25, -0.2) is 0 Å². The van der Waals surface area contributed by atoms with Crippen LogP contribution in [-0.4, -0.2) is 38.1 Å². The van der Waals surface area contributed by atoms with Gasteiger partial charge in [0, 0.05) is 20.8 Å². The molecule has 86 valence electrons. The molecule has 0 heterocycles. The Balaban J connectivity index is 3.55. The first-order valence-corrected chi connectivity index (χ1v) is 5.31. The van der Waals surface area contributed by atoms with Crippen molar-refractivity contribution in [2.45, 2.75) is 45.3 Å². The molecule has 0 rings (SSSR count). The van der Waals surface area contributed by atoms with Crippen molar-refractivity contribution in [1.82, 2.24) is 0 Å². The maximum Gasteiger partial charge on any atom is 0.0567 e. The first kappa shape index (κ1) is 13.9. The lowest BCUT2D eigenvalue weighted by molar-refractivity contribution is 0.0540. The van der Waals surface area contributed by atoms with Crippen molar-refractivity contribution in [1.29, 1.82) is 0 Å². The molecule has 3 heteroatoms. The van der Waals surface area contributed by atoms with E-state index in [0.717, 1.165) is 25.9 Å². The first-order chi connectivity index (χ1) is 6.61. The van der Waals surface area contributed by atoms with Crippen LogP contribution < -0.4 is 0 Å². The third-order valence-corrected chi connectivity index (χ3v) is 2.71. The van der Waals surface area contributed by atoms with Gasteiger partial charge in [0.2, 0.25) is 0 Å². The highest BCUT2D eigenvalue weighted by Crippen LogP contribution is 2.14. The van der Waals surface area contributed by atoms with Gasteiger partial charge in [-0.3, -0.25) is 0 Å². The molecule has 1 N–H and O–H groups in total. The van der Waals surface area contributed by atoms with Crippen LogP contribution in [0.25, 0.3) is 0 Å². The average molecular weight is 204 g/mol. The van der Waals surface area contributed by atoms with Gasteiger partial charge in [-0.2, -0.15) is 0 Å². The fourth-order valence-corrected chi connectivity index (χ4v) is 1.30. The normalized spacial score (nSPS) is 17.8. The summed E-state index contributed by atoms with van der Waals surface area (Å²) in [5.74, 6) is 0.305. The maximum atomic E-state index is 9.78. The highest BCUT2D eigenvalue weighted by Gasteiger charge is 2.14. The Morgan fingerprint density at radius 2 is 1.71 bits per heavy atom. The minimum atomic E-state index is -0.234. The van der Waals surface area contributed by atoms with Crippen LogP contribution in [0.3, 0.4) is 0 Å². The summed E-state index contributed by atoms with van der Waals surface area (Å²) < 4.78 is 10.1. The van der Waals surface area contributed by atoms with Crippen molar-refractivity contribution < 1.29 is 14.6 Å². The standard InChI is InChI=1S/C11H24O3/c1-9(7-8-13-3)11(12)6-5-10(2)14-4/h9-12H,5-8H2,1-4H3. The topological polar surface area (TPSA) is 38.7 Å². The Labute approximate surface area is 87.4 Å². The Bertz CT molecular complexity index is 128. The smallest absolute Gasteiger partial charge is 0.0567 e. The van der Waals surface area contributed by atoms with Crippen LogP contribution in [-0.2, 0) is 9.47 Å². The minimum absolute atomic E-state index is 0.234. The lowest BCUT2D eigenvalue weighted by Crippen LogP contribution is -2.21. The second-order valence-corrected chi connectivity index (χ2v) is 3.95. The Kier molecular flexibility index (Phi) is 8.14. The van der Waals surface area contributed by atoms with Gasteiger partial charge in [0.05, 0.1) is 12.2 Å². The number of aliphatic hydroxyl groups excluding tert-OH is 1. The van der Waals surface area contributed by atoms with Gasteiger partial charge in [-0.15, -0.1) is 0 Å². The van der Waals surface area contributed by atoms with Crippen LogP contribution in [0.2, 0.25) is 0 Å². The van der Waals surface area contributed by atoms with Gasteiger partial charge in [0.15, 0.2) is 0 Å². The Morgan fingerprint density at radius 1 is 1.07 bits per heavy atom. The average Bonchev–Trinajstić information content (AvgIpc) is 2.21. The van der Waals surface area contributed by atoms with E-state index in [2.05, 4.69) is 6.92 Å². The molecule has 3 nitrogen and oxygen atoms in total. The summed E-state index contributed by atoms with van der Waals surface area (Å²) in [6, 6.07) is 0. The van der Waals surface area contributed by atoms with Crippen LogP contribution in [0.4, 0.5) is 0 Å². The van der Waals surface area contributed by atoms with E-state index >= 15 is 0 Å². The first-order valence-electron chi connectivity index (χ1n) is 5.31. The molecule has 0 aliphatic carbocycles. The summed E-state index contributed by atoms with van der Waals surface area (Å²) in [5.41, 5.74) is 0. The number of rotatable bonds is 8. The molecule has 0 aromatic heterocycles. The molecule has 0 fully saturated rings. The number of methoxy groups -OCH3 is 2. The summed E-state index contributed by atoms with van der Waals surface area (Å²) in [6.45, 7) is 4.80. The van der Waals surface area contributed by atoms with Gasteiger partial charge < -0.3 is 14.6 Å². The summed E-state index contributed by atoms with van der Waals surface area (Å²) in [7, 11) is 3.39. The summed E-state index contributed by atoms with van der Waals surface area (Å²) in [4.78, 5) is 0. The predicted molar refractivity (Wildman–Crippen MR) is 57.4 cm³/mol. The molecule has 0 spiro atoms. The van der Waals surface area contributed by atoms with E-state index < -0.39 is 0 Å². The zero-order chi connectivity index (χ0) is 11.0. The predicted octanol–water partition coefficient (Wildman–Crippen LogP) is 1.83. The lowest BCUT2D eigenvalue weighted by atomic mass is 9.96. The van der Waals surface area contributed by atoms with E-state index in [1.54, 1.807) is 14.2 Å². The third-order valence-electron chi connectivity index (χ3n) is 2.71. The molecular formula is C11H24O3. The van der Waals surface area contributed by atoms with Gasteiger partial charge in [-0.1, -0.05) is 6.92 Å². The molecule has 0 aliphatic rings. The fourth-order valence-electron chi connectivity index (χ4n) is 1.30. The monoisotopic (exact) mass is 204 g/mol. The summed E-state index contributed by atoms with van der Waals surface area (Å²) in [6.07, 6.45) is 2.63. The molecule has 14 heavy (non-hydrogen) atoms. The van der Waals surface area contributed by atoms with Gasteiger partial charge >= 0.3 is 0 Å². The van der Waals surface area contributed by atoms with Crippen LogP contribution in [0, 0.1) is 5.92 Å². The van der Waals surface area contributed by atoms with Crippen molar-refractivity contribution in [3.63, 3.8) is 0 Å². The van der Waals surface area contributed by atoms with E-state index in [0.29, 0.717) is 5.92 Å². The second-order valence-electron chi connectivity index (χ2n) is 3.95. The van der Waals surface area contributed by atoms with Gasteiger partial charge in [-0.05, 0) is 32.1 Å². The molecule has 3 unspecified atom stereocenters. The van der Waals surface area contributed by atoms with Crippen LogP contribution in [0.5, 0.6) is 0 Å². The zero-order valence-corrected chi connectivity index (χ0v) is 9.82. The lowest BCUT2D eigenvalue weighted by Gasteiger charge is -2.19. The van der Waals surface area contributed by atoms with Gasteiger partial charge in [0.25, 0.3) is 0 Å². The summed E-state index contributed by atoms with van der Waals surface area (Å²) >= 11 is 0. The quantitative estimate of drug-likeness (QED) is 0.655. The highest BCUT2D eigenvalue weighted by molar-refractivity contribution is 4.66. The number of hydrogen-bond donors (Lipinski definition) is 1. The van der Waals surface area contributed by atoms with Crippen molar-refractivity contribution in [3.8, 4) is 0 Å². The molecule has 0 aliphatic heterocycles. The van der Waals surface area contributed by atoms with Crippen LogP contribution in [0.1, 0.15) is 33.1 Å². The van der Waals surface area contributed by atoms with Crippen LogP contribution in [0.15, 0.2) is 0 Å².